The van der Waals surface area contributed by atoms with E-state index in [1.165, 1.54) is 12.8 Å². The van der Waals surface area contributed by atoms with Crippen LogP contribution >= 0.6 is 0 Å². The summed E-state index contributed by atoms with van der Waals surface area (Å²) in [5, 5.41) is 0. The lowest BCUT2D eigenvalue weighted by Gasteiger charge is -2.49. The highest BCUT2D eigenvalue weighted by atomic mass is 16.5. The Morgan fingerprint density at radius 1 is 1.19 bits per heavy atom. The molecule has 0 bridgehead atoms. The molecule has 0 N–H and O–H groups in total. The molecule has 3 fully saturated rings. The molecule has 4 rings (SSSR count). The molecule has 1 aromatic rings. The first-order valence-electron chi connectivity index (χ1n) is 10.2. The number of carbonyl (C=O) groups excluding carboxylic acids is 1. The van der Waals surface area contributed by atoms with Crippen molar-refractivity contribution in [2.45, 2.75) is 39.0 Å². The topological polar surface area (TPSA) is 38.8 Å². The Morgan fingerprint density at radius 2 is 1.96 bits per heavy atom. The maximum absolute atomic E-state index is 12.9. The van der Waals surface area contributed by atoms with Crippen LogP contribution in [-0.4, -0.2) is 50.3 Å². The van der Waals surface area contributed by atoms with E-state index in [4.69, 9.17) is 9.47 Å². The predicted molar refractivity (Wildman–Crippen MR) is 101 cm³/mol. The van der Waals surface area contributed by atoms with E-state index in [1.54, 1.807) is 0 Å². The van der Waals surface area contributed by atoms with Gasteiger partial charge in [-0.2, -0.15) is 0 Å². The van der Waals surface area contributed by atoms with Crippen molar-refractivity contribution < 1.29 is 14.3 Å². The molecule has 1 amide bonds. The Morgan fingerprint density at radius 3 is 2.69 bits per heavy atom. The molecule has 0 aromatic heterocycles. The molecule has 2 aliphatic heterocycles. The van der Waals surface area contributed by atoms with Crippen LogP contribution in [0, 0.1) is 24.2 Å². The normalized spacial score (nSPS) is 25.4. The molecule has 1 aliphatic carbocycles. The summed E-state index contributed by atoms with van der Waals surface area (Å²) in [6.45, 7) is 7.14. The predicted octanol–water partition coefficient (Wildman–Crippen LogP) is 3.68. The summed E-state index contributed by atoms with van der Waals surface area (Å²) in [7, 11) is 0. The van der Waals surface area contributed by atoms with E-state index in [0.29, 0.717) is 11.3 Å². The van der Waals surface area contributed by atoms with Crippen LogP contribution in [-0.2, 0) is 9.47 Å². The van der Waals surface area contributed by atoms with Crippen LogP contribution in [0.4, 0.5) is 0 Å². The quantitative estimate of drug-likeness (QED) is 0.807. The van der Waals surface area contributed by atoms with Gasteiger partial charge in [0.1, 0.15) is 0 Å². The fraction of sp³-hybridized carbons (Fsp3) is 0.682. The van der Waals surface area contributed by atoms with E-state index in [-0.39, 0.29) is 5.91 Å². The third-order valence-corrected chi connectivity index (χ3v) is 6.72. The number of benzene rings is 1. The molecule has 1 atom stereocenters. The zero-order valence-electron chi connectivity index (χ0n) is 15.9. The molecule has 0 radical (unpaired) electrons. The second-order valence-corrected chi connectivity index (χ2v) is 8.47. The summed E-state index contributed by atoms with van der Waals surface area (Å²) in [6.07, 6.45) is 5.93. The van der Waals surface area contributed by atoms with Crippen LogP contribution in [0.25, 0.3) is 0 Å². The number of hydrogen-bond acceptors (Lipinski definition) is 3. The van der Waals surface area contributed by atoms with E-state index in [9.17, 15) is 4.79 Å². The Balaban J connectivity index is 1.37. The summed E-state index contributed by atoms with van der Waals surface area (Å²) < 4.78 is 11.8. The lowest BCUT2D eigenvalue weighted by Crippen LogP contribution is -2.50. The average molecular weight is 357 g/mol. The van der Waals surface area contributed by atoms with Gasteiger partial charge in [-0.05, 0) is 62.0 Å². The third kappa shape index (κ3) is 3.81. The van der Waals surface area contributed by atoms with Gasteiger partial charge < -0.3 is 14.4 Å². The number of carbonyl (C=O) groups is 1. The summed E-state index contributed by atoms with van der Waals surface area (Å²) in [5.41, 5.74) is 2.21. The second-order valence-electron chi connectivity index (χ2n) is 8.47. The van der Waals surface area contributed by atoms with Gasteiger partial charge in [0, 0.05) is 37.8 Å². The first kappa shape index (κ1) is 18.0. The number of aryl methyl sites for hydroxylation is 1. The third-order valence-electron chi connectivity index (χ3n) is 6.72. The molecular formula is C22H31NO3. The molecular weight excluding hydrogens is 326 g/mol. The number of hydrogen-bond donors (Lipinski definition) is 0. The van der Waals surface area contributed by atoms with Crippen LogP contribution in [0.1, 0.15) is 48.0 Å². The molecule has 2 saturated heterocycles. The highest BCUT2D eigenvalue weighted by molar-refractivity contribution is 5.95. The molecule has 26 heavy (non-hydrogen) atoms. The number of piperidine rings is 1. The van der Waals surface area contributed by atoms with Crippen molar-refractivity contribution in [1.82, 2.24) is 4.90 Å². The van der Waals surface area contributed by atoms with Crippen LogP contribution in [0.5, 0.6) is 0 Å². The van der Waals surface area contributed by atoms with E-state index in [2.05, 4.69) is 0 Å². The molecule has 1 saturated carbocycles. The molecule has 2 heterocycles. The van der Waals surface area contributed by atoms with Crippen molar-refractivity contribution in [2.24, 2.45) is 17.3 Å². The van der Waals surface area contributed by atoms with Gasteiger partial charge in [0.2, 0.25) is 0 Å². The Hall–Kier alpha value is -1.39. The van der Waals surface area contributed by atoms with Crippen LogP contribution < -0.4 is 0 Å². The molecule has 142 valence electrons. The van der Waals surface area contributed by atoms with Gasteiger partial charge in [-0.1, -0.05) is 18.2 Å². The first-order valence-corrected chi connectivity index (χ1v) is 10.2. The van der Waals surface area contributed by atoms with Gasteiger partial charge in [-0.15, -0.1) is 0 Å². The lowest BCUT2D eigenvalue weighted by atomic mass is 9.66. The molecule has 3 aliphatic rings. The first-order chi connectivity index (χ1) is 12.7. The highest BCUT2D eigenvalue weighted by Crippen LogP contribution is 2.45. The summed E-state index contributed by atoms with van der Waals surface area (Å²) in [6, 6.07) is 7.92. The van der Waals surface area contributed by atoms with E-state index in [0.717, 1.165) is 75.8 Å². The Labute approximate surface area is 156 Å². The van der Waals surface area contributed by atoms with Crippen molar-refractivity contribution in [1.29, 1.82) is 0 Å². The van der Waals surface area contributed by atoms with Gasteiger partial charge >= 0.3 is 0 Å². The number of likely N-dealkylation sites (tertiary alicyclic amines) is 1. The maximum atomic E-state index is 12.9. The van der Waals surface area contributed by atoms with Gasteiger partial charge in [-0.25, -0.2) is 0 Å². The minimum absolute atomic E-state index is 0.187. The summed E-state index contributed by atoms with van der Waals surface area (Å²) in [4.78, 5) is 15.0. The smallest absolute Gasteiger partial charge is 0.254 e. The van der Waals surface area contributed by atoms with Crippen molar-refractivity contribution >= 4 is 5.91 Å². The van der Waals surface area contributed by atoms with E-state index in [1.807, 2.05) is 36.1 Å². The van der Waals surface area contributed by atoms with Crippen molar-refractivity contribution in [3.8, 4) is 0 Å². The monoisotopic (exact) mass is 357 g/mol. The standard InChI is InChI=1S/C22H31NO3/c1-17-4-2-3-5-20(17)21(24)23-11-8-22(9-12-23)10-13-25-15-19(22)16-26-14-18-6-7-18/h2-5,18-19H,6-16H2,1H3/t19-/m1/s1. The fourth-order valence-electron chi connectivity index (χ4n) is 4.56. The fourth-order valence-corrected chi connectivity index (χ4v) is 4.56. The molecule has 4 heteroatoms. The van der Waals surface area contributed by atoms with Crippen LogP contribution in [0.2, 0.25) is 0 Å². The van der Waals surface area contributed by atoms with E-state index < -0.39 is 0 Å². The van der Waals surface area contributed by atoms with Crippen LogP contribution in [0.3, 0.4) is 0 Å². The van der Waals surface area contributed by atoms with Crippen molar-refractivity contribution in [3.63, 3.8) is 0 Å². The summed E-state index contributed by atoms with van der Waals surface area (Å²) in [5.74, 6) is 1.47. The minimum Gasteiger partial charge on any atom is -0.381 e. The second kappa shape index (κ2) is 7.69. The van der Waals surface area contributed by atoms with Gasteiger partial charge in [-0.3, -0.25) is 4.79 Å². The SMILES string of the molecule is Cc1ccccc1C(=O)N1CCC2(CCOC[C@@H]2COCC2CC2)CC1. The number of ether oxygens (including phenoxy) is 2. The largest absolute Gasteiger partial charge is 0.381 e. The summed E-state index contributed by atoms with van der Waals surface area (Å²) >= 11 is 0. The van der Waals surface area contributed by atoms with Gasteiger partial charge in [0.25, 0.3) is 5.91 Å². The van der Waals surface area contributed by atoms with Crippen molar-refractivity contribution in [2.75, 3.05) is 39.5 Å². The molecule has 1 spiro atoms. The van der Waals surface area contributed by atoms with E-state index >= 15 is 0 Å². The lowest BCUT2D eigenvalue weighted by molar-refractivity contribution is -0.0975. The van der Waals surface area contributed by atoms with Gasteiger partial charge in [0.15, 0.2) is 0 Å². The van der Waals surface area contributed by atoms with Gasteiger partial charge in [0.05, 0.1) is 13.2 Å². The Bertz CT molecular complexity index is 632. The molecule has 1 aromatic carbocycles. The number of amides is 1. The average Bonchev–Trinajstić information content (AvgIpc) is 3.48. The zero-order chi connectivity index (χ0) is 18.0. The molecule has 0 unspecified atom stereocenters. The Kier molecular flexibility index (Phi) is 5.32. The minimum atomic E-state index is 0.187. The zero-order valence-corrected chi connectivity index (χ0v) is 15.9. The van der Waals surface area contributed by atoms with Crippen molar-refractivity contribution in [3.05, 3.63) is 35.4 Å². The number of rotatable bonds is 5. The number of nitrogens with zero attached hydrogens (tertiary/aromatic N) is 1. The maximum Gasteiger partial charge on any atom is 0.254 e. The molecule has 4 nitrogen and oxygen atoms in total. The van der Waals surface area contributed by atoms with Crippen LogP contribution in [0.15, 0.2) is 24.3 Å². The highest BCUT2D eigenvalue weighted by Gasteiger charge is 2.44.